The van der Waals surface area contributed by atoms with Crippen LogP contribution in [0.5, 0.6) is 0 Å². The molecule has 0 heterocycles. The van der Waals surface area contributed by atoms with Gasteiger partial charge >= 0.3 is 185 Å². The first kappa shape index (κ1) is 28.7. The molecule has 0 N–H and O–H groups in total. The van der Waals surface area contributed by atoms with Crippen molar-refractivity contribution >= 4 is 17.2 Å². The molecule has 0 spiro atoms. The molecule has 0 unspecified atom stereocenters. The number of halogens is 1. The van der Waals surface area contributed by atoms with E-state index in [0.29, 0.717) is 0 Å². The fourth-order valence-electron chi connectivity index (χ4n) is 4.76. The maximum absolute atomic E-state index is 7.90. The van der Waals surface area contributed by atoms with E-state index in [1.807, 2.05) is 0 Å². The van der Waals surface area contributed by atoms with Crippen molar-refractivity contribution in [2.45, 2.75) is 143 Å². The molecule has 0 fully saturated rings. The second-order valence-electron chi connectivity index (χ2n) is 9.66. The summed E-state index contributed by atoms with van der Waals surface area (Å²) in [7, 11) is 0. The van der Waals surface area contributed by atoms with Crippen molar-refractivity contribution in [3.63, 3.8) is 0 Å². The Morgan fingerprint density at radius 1 is 0.357 bits per heavy atom. The summed E-state index contributed by atoms with van der Waals surface area (Å²) in [4.78, 5) is 0. The van der Waals surface area contributed by atoms with Gasteiger partial charge in [-0.2, -0.15) is 0 Å². The summed E-state index contributed by atoms with van der Waals surface area (Å²) in [5, 5.41) is 0. The van der Waals surface area contributed by atoms with Crippen molar-refractivity contribution in [1.82, 2.24) is 0 Å². The maximum atomic E-state index is 7.90. The molecule has 0 saturated heterocycles. The Balaban J connectivity index is 4.91. The van der Waals surface area contributed by atoms with Crippen LogP contribution in [0, 0.1) is 0 Å². The van der Waals surface area contributed by atoms with E-state index >= 15 is 0 Å². The van der Waals surface area contributed by atoms with E-state index in [4.69, 9.17) is 11.2 Å². The fraction of sp³-hybridized carbons (Fsp3) is 1.00. The monoisotopic (exact) mass is 434 g/mol. The zero-order valence-electron chi connectivity index (χ0n) is 20.4. The molecule has 0 aliphatic heterocycles. The van der Waals surface area contributed by atoms with Crippen molar-refractivity contribution in [1.29, 1.82) is 0 Å². The van der Waals surface area contributed by atoms with E-state index in [9.17, 15) is 0 Å². The van der Waals surface area contributed by atoms with Gasteiger partial charge in [0.15, 0.2) is 0 Å². The second kappa shape index (κ2) is 18.5. The van der Waals surface area contributed by atoms with Gasteiger partial charge in [-0.3, -0.25) is 0 Å². The van der Waals surface area contributed by atoms with Gasteiger partial charge in [-0.15, -0.1) is 0 Å². The van der Waals surface area contributed by atoms with Crippen LogP contribution in [0.4, 0.5) is 0 Å². The fourth-order valence-corrected chi connectivity index (χ4v) is 11.6. The van der Waals surface area contributed by atoms with Crippen LogP contribution in [0.15, 0.2) is 0 Å². The van der Waals surface area contributed by atoms with Crippen LogP contribution in [0.3, 0.4) is 0 Å². The average molecular weight is 435 g/mol. The third kappa shape index (κ3) is 14.7. The number of hydrogen-bond donors (Lipinski definition) is 0. The summed E-state index contributed by atoms with van der Waals surface area (Å²) in [5.41, 5.74) is 0. The molecule has 0 aromatic rings. The van der Waals surface area contributed by atoms with Crippen molar-refractivity contribution in [3.05, 3.63) is 0 Å². The molecule has 0 atom stereocenters. The summed E-state index contributed by atoms with van der Waals surface area (Å²) < 4.78 is 0. The molecule has 2 heteroatoms. The Hall–Kier alpha value is 0.720. The van der Waals surface area contributed by atoms with Gasteiger partial charge in [-0.05, 0) is 0 Å². The Kier molecular flexibility index (Phi) is 19.0. The Morgan fingerprint density at radius 3 is 0.857 bits per heavy atom. The quantitative estimate of drug-likeness (QED) is 0.117. The van der Waals surface area contributed by atoms with Crippen LogP contribution in [0.1, 0.15) is 143 Å². The first-order valence-electron chi connectivity index (χ1n) is 13.3. The summed E-state index contributed by atoms with van der Waals surface area (Å²) in [6.45, 7) is 9.29. The molecule has 0 aromatic heterocycles. The first-order chi connectivity index (χ1) is 13.5. The molecule has 0 rings (SSSR count). The molecular weight excluding hydrogens is 379 g/mol. The molecule has 0 aliphatic carbocycles. The van der Waals surface area contributed by atoms with Gasteiger partial charge in [0.1, 0.15) is 0 Å². The molecule has 0 bridgehead atoms. The summed E-state index contributed by atoms with van der Waals surface area (Å²) in [6, 6.07) is 0. The SMILES string of the molecule is CCCCCCCP(Cl)(CCCCC)(CCCCCCC)CCCCCCC. The minimum absolute atomic E-state index is 1.33. The Morgan fingerprint density at radius 2 is 0.571 bits per heavy atom. The zero-order chi connectivity index (χ0) is 21.0. The average Bonchev–Trinajstić information content (AvgIpc) is 2.68. The molecule has 0 nitrogen and oxygen atoms in total. The van der Waals surface area contributed by atoms with E-state index in [0.717, 1.165) is 0 Å². The summed E-state index contributed by atoms with van der Waals surface area (Å²) in [5.74, 6) is -2.03. The molecule has 0 aromatic carbocycles. The molecule has 0 aliphatic rings. The van der Waals surface area contributed by atoms with Gasteiger partial charge in [-0.1, -0.05) is 0 Å². The third-order valence-corrected chi connectivity index (χ3v) is 14.5. The van der Waals surface area contributed by atoms with Crippen LogP contribution >= 0.6 is 17.2 Å². The second-order valence-corrected chi connectivity index (χ2v) is 18.0. The topological polar surface area (TPSA) is 0 Å². The van der Waals surface area contributed by atoms with Crippen molar-refractivity contribution < 1.29 is 0 Å². The van der Waals surface area contributed by atoms with Gasteiger partial charge in [0.2, 0.25) is 0 Å². The normalized spacial score (nSPS) is 13.5. The molecular formula is C26H56ClP. The number of rotatable bonds is 22. The van der Waals surface area contributed by atoms with E-state index in [2.05, 4.69) is 27.7 Å². The van der Waals surface area contributed by atoms with Crippen molar-refractivity contribution in [2.75, 3.05) is 24.6 Å². The van der Waals surface area contributed by atoms with Crippen LogP contribution in [-0.4, -0.2) is 24.6 Å². The molecule has 28 heavy (non-hydrogen) atoms. The number of unbranched alkanes of at least 4 members (excludes halogenated alkanes) is 14. The predicted octanol–water partition coefficient (Wildman–Crippen LogP) is 10.8. The van der Waals surface area contributed by atoms with Gasteiger partial charge in [0.25, 0.3) is 0 Å². The number of hydrogen-bond acceptors (Lipinski definition) is 0. The van der Waals surface area contributed by atoms with E-state index in [-0.39, 0.29) is 0 Å². The first-order valence-corrected chi connectivity index (χ1v) is 17.1. The Bertz CT molecular complexity index is 290. The van der Waals surface area contributed by atoms with Crippen molar-refractivity contribution in [3.8, 4) is 0 Å². The van der Waals surface area contributed by atoms with Gasteiger partial charge in [0.05, 0.1) is 0 Å². The summed E-state index contributed by atoms with van der Waals surface area (Å²) in [6.07, 6.45) is 30.6. The van der Waals surface area contributed by atoms with Gasteiger partial charge in [0, 0.05) is 0 Å². The van der Waals surface area contributed by atoms with Gasteiger partial charge in [-0.25, -0.2) is 0 Å². The van der Waals surface area contributed by atoms with Crippen molar-refractivity contribution in [2.24, 2.45) is 0 Å². The van der Waals surface area contributed by atoms with Crippen LogP contribution < -0.4 is 0 Å². The standard InChI is InChI=1S/C26H56ClP/c1-5-9-13-16-20-24-28(27,23-19-12-8-4,25-21-17-14-10-6-2)26-22-18-15-11-7-3/h5-26H2,1-4H3. The van der Waals surface area contributed by atoms with Gasteiger partial charge < -0.3 is 0 Å². The summed E-state index contributed by atoms with van der Waals surface area (Å²) >= 11 is 7.90. The Labute approximate surface area is 185 Å². The zero-order valence-corrected chi connectivity index (χ0v) is 22.0. The van der Waals surface area contributed by atoms with Crippen LogP contribution in [0.2, 0.25) is 0 Å². The third-order valence-electron chi connectivity index (χ3n) is 6.78. The van der Waals surface area contributed by atoms with E-state index in [1.165, 1.54) is 140 Å². The molecule has 172 valence electrons. The van der Waals surface area contributed by atoms with E-state index in [1.54, 1.807) is 0 Å². The van der Waals surface area contributed by atoms with E-state index < -0.39 is 5.96 Å². The molecule has 0 saturated carbocycles. The van der Waals surface area contributed by atoms with Crippen LogP contribution in [-0.2, 0) is 0 Å². The molecule has 0 amide bonds. The predicted molar refractivity (Wildman–Crippen MR) is 138 cm³/mol. The molecule has 0 radical (unpaired) electrons. The minimum atomic E-state index is -2.03. The van der Waals surface area contributed by atoms with Crippen LogP contribution in [0.25, 0.3) is 0 Å².